The Morgan fingerprint density at radius 1 is 1.15 bits per heavy atom. The van der Waals surface area contributed by atoms with Crippen molar-refractivity contribution in [3.05, 3.63) is 34.9 Å². The molecule has 1 atom stereocenters. The maximum Gasteiger partial charge on any atom is 0.300 e. The molecule has 2 aliphatic rings. The van der Waals surface area contributed by atoms with Gasteiger partial charge in [0, 0.05) is 5.56 Å². The van der Waals surface area contributed by atoms with E-state index in [1.54, 1.807) is 4.90 Å². The topological polar surface area (TPSA) is 37.4 Å². The number of carbonyl (C=O) groups excluding carboxylic acids is 2. The van der Waals surface area contributed by atoms with Crippen LogP contribution in [-0.4, -0.2) is 17.2 Å². The first-order valence-electron chi connectivity index (χ1n) is 7.18. The molecule has 0 aliphatic carbocycles. The third-order valence-electron chi connectivity index (χ3n) is 4.56. The van der Waals surface area contributed by atoms with Crippen LogP contribution < -0.4 is 4.90 Å². The van der Waals surface area contributed by atoms with E-state index < -0.39 is 5.54 Å². The first-order valence-corrected chi connectivity index (χ1v) is 7.18. The van der Waals surface area contributed by atoms with Crippen molar-refractivity contribution < 1.29 is 9.59 Å². The summed E-state index contributed by atoms with van der Waals surface area (Å²) in [6, 6.07) is 3.93. The highest BCUT2D eigenvalue weighted by molar-refractivity contribution is 6.53. The molecule has 1 aromatic carbocycles. The summed E-state index contributed by atoms with van der Waals surface area (Å²) in [5.74, 6) is -0.752. The summed E-state index contributed by atoms with van der Waals surface area (Å²) < 4.78 is 0. The number of Topliss-reactive ketones (excluding diaryl/α,β-unsaturated/α-hetero) is 1. The Hall–Kier alpha value is -1.90. The van der Waals surface area contributed by atoms with Crippen molar-refractivity contribution in [1.82, 2.24) is 0 Å². The van der Waals surface area contributed by atoms with Gasteiger partial charge in [0.1, 0.15) is 0 Å². The molecule has 0 unspecified atom stereocenters. The third kappa shape index (κ3) is 1.46. The summed E-state index contributed by atoms with van der Waals surface area (Å²) in [6.45, 7) is 8.17. The van der Waals surface area contributed by atoms with Gasteiger partial charge in [-0.1, -0.05) is 19.9 Å². The van der Waals surface area contributed by atoms with E-state index in [-0.39, 0.29) is 11.7 Å². The number of allylic oxidation sites excluding steroid dienone is 1. The average Bonchev–Trinajstić information content (AvgIpc) is 2.68. The van der Waals surface area contributed by atoms with Gasteiger partial charge in [0.25, 0.3) is 11.7 Å². The van der Waals surface area contributed by atoms with Gasteiger partial charge in [-0.05, 0) is 50.0 Å². The second-order valence-electron chi connectivity index (χ2n) is 5.91. The van der Waals surface area contributed by atoms with Gasteiger partial charge in [-0.15, -0.1) is 0 Å². The number of hydrogen-bond donors (Lipinski definition) is 0. The van der Waals surface area contributed by atoms with Gasteiger partial charge < -0.3 is 0 Å². The molecule has 3 nitrogen and oxygen atoms in total. The van der Waals surface area contributed by atoms with Crippen molar-refractivity contribution in [2.24, 2.45) is 0 Å². The van der Waals surface area contributed by atoms with Crippen LogP contribution in [0.25, 0.3) is 5.57 Å². The molecule has 2 heterocycles. The van der Waals surface area contributed by atoms with Crippen LogP contribution in [0, 0.1) is 6.92 Å². The minimum absolute atomic E-state index is 0.365. The summed E-state index contributed by atoms with van der Waals surface area (Å²) in [7, 11) is 0. The van der Waals surface area contributed by atoms with Gasteiger partial charge in [-0.25, -0.2) is 0 Å². The van der Waals surface area contributed by atoms with Crippen LogP contribution in [0.4, 0.5) is 5.69 Å². The molecule has 0 radical (unpaired) electrons. The second-order valence-corrected chi connectivity index (χ2v) is 5.91. The maximum absolute atomic E-state index is 12.4. The highest BCUT2D eigenvalue weighted by Crippen LogP contribution is 2.47. The molecule has 0 bridgehead atoms. The van der Waals surface area contributed by atoms with Crippen LogP contribution in [0.2, 0.25) is 0 Å². The van der Waals surface area contributed by atoms with E-state index in [9.17, 15) is 9.59 Å². The lowest BCUT2D eigenvalue weighted by Gasteiger charge is -2.41. The average molecular weight is 269 g/mol. The predicted molar refractivity (Wildman–Crippen MR) is 80.0 cm³/mol. The van der Waals surface area contributed by atoms with Crippen LogP contribution in [0.5, 0.6) is 0 Å². The number of anilines is 1. The van der Waals surface area contributed by atoms with Crippen LogP contribution >= 0.6 is 0 Å². The Morgan fingerprint density at radius 2 is 1.80 bits per heavy atom. The van der Waals surface area contributed by atoms with E-state index in [4.69, 9.17) is 0 Å². The van der Waals surface area contributed by atoms with E-state index in [1.807, 2.05) is 19.9 Å². The summed E-state index contributed by atoms with van der Waals surface area (Å²) in [6.07, 6.45) is 3.86. The zero-order chi connectivity index (χ0) is 14.7. The maximum atomic E-state index is 12.4. The zero-order valence-electron chi connectivity index (χ0n) is 12.4. The molecule has 1 aromatic rings. The minimum atomic E-state index is -0.397. The van der Waals surface area contributed by atoms with E-state index in [1.165, 1.54) is 5.57 Å². The number of hydrogen-bond acceptors (Lipinski definition) is 2. The fraction of sp³-hybridized carbons (Fsp3) is 0.412. The number of amides is 1. The Bertz CT molecular complexity index is 672. The molecule has 2 aliphatic heterocycles. The predicted octanol–water partition coefficient (Wildman–Crippen LogP) is 3.50. The van der Waals surface area contributed by atoms with Gasteiger partial charge in [0.15, 0.2) is 0 Å². The fourth-order valence-electron chi connectivity index (χ4n) is 3.31. The quantitative estimate of drug-likeness (QED) is 0.771. The Morgan fingerprint density at radius 3 is 2.40 bits per heavy atom. The summed E-state index contributed by atoms with van der Waals surface area (Å²) >= 11 is 0. The van der Waals surface area contributed by atoms with E-state index in [0.29, 0.717) is 5.56 Å². The summed E-state index contributed by atoms with van der Waals surface area (Å²) in [5, 5.41) is 0. The van der Waals surface area contributed by atoms with E-state index >= 15 is 0 Å². The largest absolute Gasteiger partial charge is 0.300 e. The second kappa shape index (κ2) is 4.05. The van der Waals surface area contributed by atoms with Crippen LogP contribution in [-0.2, 0) is 4.79 Å². The van der Waals surface area contributed by atoms with Gasteiger partial charge in [-0.3, -0.25) is 14.5 Å². The first kappa shape index (κ1) is 13.1. The lowest BCUT2D eigenvalue weighted by atomic mass is 9.84. The molecule has 20 heavy (non-hydrogen) atoms. The van der Waals surface area contributed by atoms with E-state index in [2.05, 4.69) is 26.0 Å². The van der Waals surface area contributed by atoms with Crippen molar-refractivity contribution >= 4 is 23.0 Å². The molecule has 0 fully saturated rings. The molecule has 0 N–H and O–H groups in total. The molecule has 0 saturated carbocycles. The number of ketones is 1. The van der Waals surface area contributed by atoms with Crippen molar-refractivity contribution in [3.63, 3.8) is 0 Å². The van der Waals surface area contributed by atoms with E-state index in [0.717, 1.165) is 29.7 Å². The first-order chi connectivity index (χ1) is 9.42. The van der Waals surface area contributed by atoms with Crippen LogP contribution in [0.3, 0.4) is 0 Å². The van der Waals surface area contributed by atoms with Crippen molar-refractivity contribution in [1.29, 1.82) is 0 Å². The summed E-state index contributed by atoms with van der Waals surface area (Å²) in [5.41, 5.74) is 4.31. The Labute approximate surface area is 119 Å². The number of rotatable bonds is 2. The molecule has 1 amide bonds. The lowest BCUT2D eigenvalue weighted by Crippen LogP contribution is -2.49. The smallest absolute Gasteiger partial charge is 0.295 e. The monoisotopic (exact) mass is 269 g/mol. The Kier molecular flexibility index (Phi) is 2.65. The molecule has 104 valence electrons. The minimum Gasteiger partial charge on any atom is -0.295 e. The van der Waals surface area contributed by atoms with Crippen molar-refractivity contribution in [3.8, 4) is 0 Å². The molecular weight excluding hydrogens is 250 g/mol. The number of benzene rings is 1. The summed E-state index contributed by atoms with van der Waals surface area (Å²) in [4.78, 5) is 26.4. The lowest BCUT2D eigenvalue weighted by molar-refractivity contribution is -0.115. The number of aryl methyl sites for hydroxylation is 1. The van der Waals surface area contributed by atoms with Crippen LogP contribution in [0.1, 0.15) is 55.1 Å². The molecule has 0 saturated heterocycles. The van der Waals surface area contributed by atoms with Gasteiger partial charge in [0.05, 0.1) is 16.8 Å². The highest BCUT2D eigenvalue weighted by atomic mass is 16.2. The highest BCUT2D eigenvalue weighted by Gasteiger charge is 2.48. The molecule has 0 spiro atoms. The third-order valence-corrected chi connectivity index (χ3v) is 4.56. The molecule has 0 aromatic heterocycles. The fourth-order valence-corrected chi connectivity index (χ4v) is 3.31. The van der Waals surface area contributed by atoms with Crippen LogP contribution in [0.15, 0.2) is 18.2 Å². The van der Waals surface area contributed by atoms with Crippen molar-refractivity contribution in [2.45, 2.75) is 46.1 Å². The van der Waals surface area contributed by atoms with Gasteiger partial charge in [0.2, 0.25) is 0 Å². The number of carbonyl (C=O) groups is 2. The molecular formula is C17H19NO2. The van der Waals surface area contributed by atoms with Gasteiger partial charge in [-0.2, -0.15) is 0 Å². The molecule has 3 rings (SSSR count). The normalized spacial score (nSPS) is 24.0. The zero-order valence-corrected chi connectivity index (χ0v) is 12.4. The number of nitrogens with zero attached hydrogens (tertiary/aromatic N) is 1. The standard InChI is InChI=1S/C17H19NO2/c1-5-11-9-17(4,6-2)18-14-12(11)7-10(3)8-13(14)15(19)16(18)20/h7-9H,5-6H2,1-4H3/t17-/m1/s1. The molecule has 3 heteroatoms. The Balaban J connectivity index is 2.38. The van der Waals surface area contributed by atoms with Gasteiger partial charge >= 0.3 is 0 Å². The SMILES string of the molecule is CCC1=C[C@@](C)(CC)N2C(=O)C(=O)c3cc(C)cc1c32. The van der Waals surface area contributed by atoms with Crippen molar-refractivity contribution in [2.75, 3.05) is 4.90 Å².